The van der Waals surface area contributed by atoms with Gasteiger partial charge < -0.3 is 19.5 Å². The molecule has 146 valence electrons. The number of nitrogens with zero attached hydrogens (tertiary/aromatic N) is 1. The molecule has 0 bridgehead atoms. The first-order valence-corrected chi connectivity index (χ1v) is 10.1. The molecule has 5 heteroatoms. The highest BCUT2D eigenvalue weighted by Crippen LogP contribution is 2.31. The van der Waals surface area contributed by atoms with Crippen molar-refractivity contribution in [2.75, 3.05) is 46.6 Å². The summed E-state index contributed by atoms with van der Waals surface area (Å²) in [4.78, 5) is 2.73. The minimum absolute atomic E-state index is 0.258. The van der Waals surface area contributed by atoms with Crippen molar-refractivity contribution < 1.29 is 14.2 Å². The first-order chi connectivity index (χ1) is 12.8. The molecule has 1 aromatic carbocycles. The largest absolute Gasteiger partial charge is 0.493 e. The van der Waals surface area contributed by atoms with E-state index in [1.54, 1.807) is 7.11 Å². The minimum atomic E-state index is 0.258. The summed E-state index contributed by atoms with van der Waals surface area (Å²) in [5.74, 6) is 1.62. The standard InChI is InChI=1S/C21H34N2O3/c1-3-26-20-15-18(7-8-19(20)24-2)16-22-17-21(9-13-25-14-10-21)23-11-5-4-6-12-23/h7-8,15,22H,3-6,9-14,16-17H2,1-2H3. The van der Waals surface area contributed by atoms with Crippen LogP contribution in [-0.4, -0.2) is 57.0 Å². The summed E-state index contributed by atoms with van der Waals surface area (Å²) in [6, 6.07) is 6.20. The molecule has 0 amide bonds. The Balaban J connectivity index is 1.61. The number of nitrogens with one attached hydrogen (secondary N) is 1. The van der Waals surface area contributed by atoms with Gasteiger partial charge in [-0.3, -0.25) is 4.90 Å². The molecule has 0 aromatic heterocycles. The van der Waals surface area contributed by atoms with Crippen LogP contribution in [0.3, 0.4) is 0 Å². The van der Waals surface area contributed by atoms with Crippen molar-refractivity contribution >= 4 is 0 Å². The average Bonchev–Trinajstić information content (AvgIpc) is 2.70. The van der Waals surface area contributed by atoms with Gasteiger partial charge in [0.1, 0.15) is 0 Å². The number of piperidine rings is 1. The number of hydrogen-bond donors (Lipinski definition) is 1. The fourth-order valence-corrected chi connectivity index (χ4v) is 4.26. The van der Waals surface area contributed by atoms with E-state index in [4.69, 9.17) is 14.2 Å². The van der Waals surface area contributed by atoms with E-state index in [-0.39, 0.29) is 5.54 Å². The average molecular weight is 363 g/mol. The van der Waals surface area contributed by atoms with E-state index in [1.807, 2.05) is 13.0 Å². The van der Waals surface area contributed by atoms with E-state index in [0.29, 0.717) is 6.61 Å². The Kier molecular flexibility index (Phi) is 7.17. The molecular weight excluding hydrogens is 328 g/mol. The summed E-state index contributed by atoms with van der Waals surface area (Å²) in [5, 5.41) is 3.72. The molecule has 0 spiro atoms. The molecule has 0 radical (unpaired) electrons. The van der Waals surface area contributed by atoms with Crippen LogP contribution in [0.4, 0.5) is 0 Å². The highest BCUT2D eigenvalue weighted by molar-refractivity contribution is 5.42. The third-order valence-electron chi connectivity index (χ3n) is 5.76. The molecule has 0 atom stereocenters. The first-order valence-electron chi connectivity index (χ1n) is 10.1. The summed E-state index contributed by atoms with van der Waals surface area (Å²) in [5.41, 5.74) is 1.49. The summed E-state index contributed by atoms with van der Waals surface area (Å²) >= 11 is 0. The van der Waals surface area contributed by atoms with Crippen molar-refractivity contribution in [2.24, 2.45) is 0 Å². The van der Waals surface area contributed by atoms with Crippen molar-refractivity contribution in [3.63, 3.8) is 0 Å². The number of likely N-dealkylation sites (tertiary alicyclic amines) is 1. The van der Waals surface area contributed by atoms with Crippen LogP contribution in [0.15, 0.2) is 18.2 Å². The predicted octanol–water partition coefficient (Wildman–Crippen LogP) is 3.22. The second-order valence-electron chi connectivity index (χ2n) is 7.41. The van der Waals surface area contributed by atoms with Gasteiger partial charge in [-0.25, -0.2) is 0 Å². The zero-order chi connectivity index (χ0) is 18.2. The Labute approximate surface area is 158 Å². The number of hydrogen-bond acceptors (Lipinski definition) is 5. The maximum Gasteiger partial charge on any atom is 0.161 e. The molecule has 26 heavy (non-hydrogen) atoms. The van der Waals surface area contributed by atoms with E-state index in [9.17, 15) is 0 Å². The SMILES string of the molecule is CCOc1cc(CNCC2(N3CCCCC3)CCOCC2)ccc1OC. The Hall–Kier alpha value is -1.30. The molecule has 3 rings (SSSR count). The zero-order valence-electron chi connectivity index (χ0n) is 16.4. The van der Waals surface area contributed by atoms with E-state index in [1.165, 1.54) is 37.9 Å². The van der Waals surface area contributed by atoms with Crippen LogP contribution >= 0.6 is 0 Å². The van der Waals surface area contributed by atoms with Gasteiger partial charge in [0.05, 0.1) is 13.7 Å². The minimum Gasteiger partial charge on any atom is -0.493 e. The van der Waals surface area contributed by atoms with Crippen LogP contribution in [0.1, 0.15) is 44.6 Å². The Morgan fingerprint density at radius 2 is 1.88 bits per heavy atom. The highest BCUT2D eigenvalue weighted by Gasteiger charge is 2.38. The van der Waals surface area contributed by atoms with Crippen LogP contribution in [0.2, 0.25) is 0 Å². The molecule has 2 aliphatic heterocycles. The van der Waals surface area contributed by atoms with Gasteiger partial charge in [0.25, 0.3) is 0 Å². The molecule has 2 heterocycles. The highest BCUT2D eigenvalue weighted by atomic mass is 16.5. The van der Waals surface area contributed by atoms with Crippen LogP contribution < -0.4 is 14.8 Å². The molecule has 5 nitrogen and oxygen atoms in total. The molecule has 0 saturated carbocycles. The maximum atomic E-state index is 5.70. The summed E-state index contributed by atoms with van der Waals surface area (Å²) in [6.07, 6.45) is 6.31. The molecule has 1 N–H and O–H groups in total. The van der Waals surface area contributed by atoms with Gasteiger partial charge in [-0.1, -0.05) is 12.5 Å². The fraction of sp³-hybridized carbons (Fsp3) is 0.714. The normalized spacial score (nSPS) is 20.7. The van der Waals surface area contributed by atoms with E-state index >= 15 is 0 Å². The Bertz CT molecular complexity index is 552. The van der Waals surface area contributed by atoms with Crippen molar-refractivity contribution in [3.05, 3.63) is 23.8 Å². The maximum absolute atomic E-state index is 5.70. The van der Waals surface area contributed by atoms with E-state index in [2.05, 4.69) is 22.3 Å². The smallest absolute Gasteiger partial charge is 0.161 e. The Morgan fingerprint density at radius 3 is 2.58 bits per heavy atom. The predicted molar refractivity (Wildman–Crippen MR) is 104 cm³/mol. The van der Waals surface area contributed by atoms with Crippen LogP contribution in [0, 0.1) is 0 Å². The van der Waals surface area contributed by atoms with Gasteiger partial charge in [0.2, 0.25) is 0 Å². The van der Waals surface area contributed by atoms with E-state index in [0.717, 1.165) is 50.6 Å². The quantitative estimate of drug-likeness (QED) is 0.769. The molecule has 0 aliphatic carbocycles. The summed E-state index contributed by atoms with van der Waals surface area (Å²) in [6.45, 7) is 8.75. The third-order valence-corrected chi connectivity index (χ3v) is 5.76. The number of methoxy groups -OCH3 is 1. The second kappa shape index (κ2) is 9.58. The van der Waals surface area contributed by atoms with E-state index < -0.39 is 0 Å². The van der Waals surface area contributed by atoms with Crippen LogP contribution in [0.25, 0.3) is 0 Å². The lowest BCUT2D eigenvalue weighted by Crippen LogP contribution is -2.59. The van der Waals surface area contributed by atoms with Gasteiger partial charge >= 0.3 is 0 Å². The molecule has 0 unspecified atom stereocenters. The number of rotatable bonds is 8. The molecule has 2 fully saturated rings. The van der Waals surface area contributed by atoms with Crippen molar-refractivity contribution in [1.82, 2.24) is 10.2 Å². The second-order valence-corrected chi connectivity index (χ2v) is 7.41. The van der Waals surface area contributed by atoms with Gasteiger partial charge in [0, 0.05) is 31.8 Å². The van der Waals surface area contributed by atoms with Crippen molar-refractivity contribution in [2.45, 2.75) is 51.1 Å². The van der Waals surface area contributed by atoms with Crippen molar-refractivity contribution in [1.29, 1.82) is 0 Å². The Morgan fingerprint density at radius 1 is 1.12 bits per heavy atom. The fourth-order valence-electron chi connectivity index (χ4n) is 4.26. The first kappa shape index (κ1) is 19.5. The van der Waals surface area contributed by atoms with Gasteiger partial charge in [-0.15, -0.1) is 0 Å². The number of benzene rings is 1. The molecule has 2 saturated heterocycles. The van der Waals surface area contributed by atoms with Crippen molar-refractivity contribution in [3.8, 4) is 11.5 Å². The lowest BCUT2D eigenvalue weighted by molar-refractivity contribution is -0.0358. The lowest BCUT2D eigenvalue weighted by atomic mass is 9.86. The monoisotopic (exact) mass is 362 g/mol. The topological polar surface area (TPSA) is 43.0 Å². The van der Waals surface area contributed by atoms with Gasteiger partial charge in [-0.2, -0.15) is 0 Å². The third kappa shape index (κ3) is 4.70. The van der Waals surface area contributed by atoms with Crippen LogP contribution in [0.5, 0.6) is 11.5 Å². The van der Waals surface area contributed by atoms with Crippen LogP contribution in [-0.2, 0) is 11.3 Å². The number of ether oxygens (including phenoxy) is 3. The lowest BCUT2D eigenvalue weighted by Gasteiger charge is -2.48. The molecule has 2 aliphatic rings. The summed E-state index contributed by atoms with van der Waals surface area (Å²) in [7, 11) is 1.68. The van der Waals surface area contributed by atoms with Gasteiger partial charge in [0.15, 0.2) is 11.5 Å². The van der Waals surface area contributed by atoms with Gasteiger partial charge in [-0.05, 0) is 63.4 Å². The molecular formula is C21H34N2O3. The molecule has 1 aromatic rings. The summed E-state index contributed by atoms with van der Waals surface area (Å²) < 4.78 is 16.7. The zero-order valence-corrected chi connectivity index (χ0v) is 16.4.